The average Bonchev–Trinajstić information content (AvgIpc) is 3.42. The van der Waals surface area contributed by atoms with Gasteiger partial charge < -0.3 is 4.90 Å². The first kappa shape index (κ1) is 27.4. The molecule has 2 aliphatic heterocycles. The second-order valence-corrected chi connectivity index (χ2v) is 13.1. The van der Waals surface area contributed by atoms with Crippen LogP contribution in [0.25, 0.3) is 5.69 Å². The van der Waals surface area contributed by atoms with Gasteiger partial charge in [0.05, 0.1) is 28.0 Å². The Balaban J connectivity index is 1.23. The van der Waals surface area contributed by atoms with Gasteiger partial charge in [-0.05, 0) is 85.4 Å². The SMILES string of the molecule is CS(=O)(=O)c1ccc(CN2CCC(c3c(C(=O)N4CCc5ccccc5C4)cnn3-c3ccc(F)cc3)CC2)cc1. The molecule has 0 N–H and O–H groups in total. The summed E-state index contributed by atoms with van der Waals surface area (Å²) in [5, 5.41) is 4.65. The van der Waals surface area contributed by atoms with Crippen LogP contribution in [0.5, 0.6) is 0 Å². The minimum Gasteiger partial charge on any atom is -0.334 e. The van der Waals surface area contributed by atoms with Crippen LogP contribution in [-0.4, -0.2) is 59.8 Å². The highest BCUT2D eigenvalue weighted by molar-refractivity contribution is 7.90. The van der Waals surface area contributed by atoms with Crippen molar-refractivity contribution in [3.8, 4) is 5.69 Å². The van der Waals surface area contributed by atoms with Gasteiger partial charge in [-0.25, -0.2) is 17.5 Å². The number of hydrogen-bond donors (Lipinski definition) is 0. The first-order valence-electron chi connectivity index (χ1n) is 14.0. The summed E-state index contributed by atoms with van der Waals surface area (Å²) in [6.07, 6.45) is 5.41. The quantitative estimate of drug-likeness (QED) is 0.325. The molecule has 0 aliphatic carbocycles. The predicted molar refractivity (Wildman–Crippen MR) is 155 cm³/mol. The second-order valence-electron chi connectivity index (χ2n) is 11.0. The van der Waals surface area contributed by atoms with Crippen molar-refractivity contribution < 1.29 is 17.6 Å². The number of nitrogens with zero attached hydrogens (tertiary/aromatic N) is 4. The topological polar surface area (TPSA) is 75.5 Å². The number of hydrogen-bond acceptors (Lipinski definition) is 5. The monoisotopic (exact) mass is 572 g/mol. The van der Waals surface area contributed by atoms with Gasteiger partial charge in [-0.3, -0.25) is 9.69 Å². The van der Waals surface area contributed by atoms with Crippen LogP contribution in [0.3, 0.4) is 0 Å². The van der Waals surface area contributed by atoms with Gasteiger partial charge in [0.25, 0.3) is 5.91 Å². The van der Waals surface area contributed by atoms with E-state index in [2.05, 4.69) is 22.1 Å². The Morgan fingerprint density at radius 1 is 0.927 bits per heavy atom. The fourth-order valence-electron chi connectivity index (χ4n) is 6.01. The molecule has 0 saturated carbocycles. The number of carbonyl (C=O) groups excluding carboxylic acids is 1. The van der Waals surface area contributed by atoms with Gasteiger partial charge in [0.1, 0.15) is 5.82 Å². The molecule has 1 saturated heterocycles. The van der Waals surface area contributed by atoms with E-state index < -0.39 is 9.84 Å². The van der Waals surface area contributed by atoms with Crippen LogP contribution in [0, 0.1) is 5.82 Å². The van der Waals surface area contributed by atoms with E-state index in [1.54, 1.807) is 30.5 Å². The molecule has 212 valence electrons. The molecule has 0 radical (unpaired) electrons. The zero-order chi connectivity index (χ0) is 28.6. The lowest BCUT2D eigenvalue weighted by Crippen LogP contribution is -2.37. The van der Waals surface area contributed by atoms with E-state index in [9.17, 15) is 17.6 Å². The molecule has 3 aromatic carbocycles. The number of amides is 1. The number of halogens is 1. The van der Waals surface area contributed by atoms with E-state index in [1.165, 1.54) is 29.5 Å². The van der Waals surface area contributed by atoms with Crippen molar-refractivity contribution in [2.45, 2.75) is 43.2 Å². The van der Waals surface area contributed by atoms with Crippen LogP contribution in [0.1, 0.15) is 51.5 Å². The number of carbonyl (C=O) groups is 1. The summed E-state index contributed by atoms with van der Waals surface area (Å²) in [4.78, 5) is 18.5. The van der Waals surface area contributed by atoms with Crippen LogP contribution in [0.15, 0.2) is 83.9 Å². The summed E-state index contributed by atoms with van der Waals surface area (Å²) in [5.41, 5.74) is 5.77. The second kappa shape index (κ2) is 11.2. The molecule has 0 spiro atoms. The molecule has 7 nitrogen and oxygen atoms in total. The Morgan fingerprint density at radius 3 is 2.29 bits per heavy atom. The standard InChI is InChI=1S/C32H33FN4O3S/c1-41(39,40)29-12-6-23(7-13-29)21-35-17-14-25(15-18-35)31-30(20-34-37(31)28-10-8-27(33)9-11-28)32(38)36-19-16-24-4-2-3-5-26(24)22-36/h2-13,20,25H,14-19,21-22H2,1H3. The van der Waals surface area contributed by atoms with Crippen molar-refractivity contribution in [1.29, 1.82) is 0 Å². The third-order valence-electron chi connectivity index (χ3n) is 8.26. The molecule has 0 bridgehead atoms. The average molecular weight is 573 g/mol. The Bertz CT molecular complexity index is 1660. The lowest BCUT2D eigenvalue weighted by molar-refractivity contribution is 0.0732. The van der Waals surface area contributed by atoms with Crippen molar-refractivity contribution in [1.82, 2.24) is 19.6 Å². The maximum absolute atomic E-state index is 13.9. The van der Waals surface area contributed by atoms with Gasteiger partial charge in [-0.2, -0.15) is 5.10 Å². The summed E-state index contributed by atoms with van der Waals surface area (Å²) in [7, 11) is -3.22. The summed E-state index contributed by atoms with van der Waals surface area (Å²) in [5.74, 6) is -0.220. The van der Waals surface area contributed by atoms with Crippen LogP contribution >= 0.6 is 0 Å². The molecular weight excluding hydrogens is 539 g/mol. The first-order valence-corrected chi connectivity index (χ1v) is 15.9. The smallest absolute Gasteiger partial charge is 0.257 e. The van der Waals surface area contributed by atoms with Crippen LogP contribution < -0.4 is 0 Å². The van der Waals surface area contributed by atoms with Gasteiger partial charge in [-0.15, -0.1) is 0 Å². The lowest BCUT2D eigenvalue weighted by Gasteiger charge is -2.33. The molecule has 4 aromatic rings. The third kappa shape index (κ3) is 5.83. The fourth-order valence-corrected chi connectivity index (χ4v) is 6.64. The third-order valence-corrected chi connectivity index (χ3v) is 9.39. The number of benzene rings is 3. The maximum Gasteiger partial charge on any atom is 0.257 e. The van der Waals surface area contributed by atoms with Crippen molar-refractivity contribution in [2.24, 2.45) is 0 Å². The molecule has 1 amide bonds. The number of aromatic nitrogens is 2. The number of rotatable bonds is 6. The highest BCUT2D eigenvalue weighted by Gasteiger charge is 2.32. The molecule has 0 atom stereocenters. The van der Waals surface area contributed by atoms with Crippen molar-refractivity contribution in [3.63, 3.8) is 0 Å². The highest BCUT2D eigenvalue weighted by atomic mass is 32.2. The van der Waals surface area contributed by atoms with E-state index in [0.29, 0.717) is 23.5 Å². The van der Waals surface area contributed by atoms with Gasteiger partial charge in [0.2, 0.25) is 0 Å². The molecule has 2 aliphatic rings. The Hall–Kier alpha value is -3.82. The molecule has 41 heavy (non-hydrogen) atoms. The van der Waals surface area contributed by atoms with Gasteiger partial charge in [0, 0.05) is 31.8 Å². The molecule has 1 fully saturated rings. The number of sulfone groups is 1. The molecular formula is C32H33FN4O3S. The normalized spacial score (nSPS) is 16.5. The van der Waals surface area contributed by atoms with Crippen LogP contribution in [0.2, 0.25) is 0 Å². The van der Waals surface area contributed by atoms with E-state index in [0.717, 1.165) is 55.8 Å². The van der Waals surface area contributed by atoms with Crippen molar-refractivity contribution in [3.05, 3.63) is 113 Å². The fraction of sp³-hybridized carbons (Fsp3) is 0.312. The Kier molecular flexibility index (Phi) is 7.48. The van der Waals surface area contributed by atoms with Crippen LogP contribution in [-0.2, 0) is 29.3 Å². The predicted octanol–water partition coefficient (Wildman–Crippen LogP) is 4.99. The van der Waals surface area contributed by atoms with E-state index in [4.69, 9.17) is 0 Å². The number of likely N-dealkylation sites (tertiary alicyclic amines) is 1. The molecule has 3 heterocycles. The summed E-state index contributed by atoms with van der Waals surface area (Å²) >= 11 is 0. The minimum atomic E-state index is -3.22. The van der Waals surface area contributed by atoms with Gasteiger partial charge in [-0.1, -0.05) is 36.4 Å². The van der Waals surface area contributed by atoms with Gasteiger partial charge in [0.15, 0.2) is 9.84 Å². The summed E-state index contributed by atoms with van der Waals surface area (Å²) in [6.45, 7) is 3.63. The molecule has 0 unspecified atom stereocenters. The molecule has 1 aromatic heterocycles. The largest absolute Gasteiger partial charge is 0.334 e. The zero-order valence-corrected chi connectivity index (χ0v) is 23.9. The minimum absolute atomic E-state index is 0.0174. The zero-order valence-electron chi connectivity index (χ0n) is 23.0. The highest BCUT2D eigenvalue weighted by Crippen LogP contribution is 2.34. The van der Waals surface area contributed by atoms with Crippen molar-refractivity contribution in [2.75, 3.05) is 25.9 Å². The lowest BCUT2D eigenvalue weighted by atomic mass is 9.90. The number of piperidine rings is 1. The van der Waals surface area contributed by atoms with Crippen molar-refractivity contribution >= 4 is 15.7 Å². The Labute approximate surface area is 240 Å². The summed E-state index contributed by atoms with van der Waals surface area (Å²) < 4.78 is 39.1. The van der Waals surface area contributed by atoms with Crippen LogP contribution in [0.4, 0.5) is 4.39 Å². The van der Waals surface area contributed by atoms with E-state index >= 15 is 0 Å². The molecule has 9 heteroatoms. The van der Waals surface area contributed by atoms with Gasteiger partial charge >= 0.3 is 0 Å². The first-order chi connectivity index (χ1) is 19.8. The molecule has 6 rings (SSSR count). The number of fused-ring (bicyclic) bond motifs is 1. The van der Waals surface area contributed by atoms with E-state index in [-0.39, 0.29) is 17.6 Å². The maximum atomic E-state index is 13.9. The Morgan fingerprint density at radius 2 is 1.61 bits per heavy atom. The van der Waals surface area contributed by atoms with E-state index in [1.807, 2.05) is 33.8 Å². The summed E-state index contributed by atoms with van der Waals surface area (Å²) in [6, 6.07) is 21.6.